The van der Waals surface area contributed by atoms with Crippen molar-refractivity contribution in [1.82, 2.24) is 0 Å². The Balaban J connectivity index is 2.16. The molecule has 1 unspecified atom stereocenters. The Morgan fingerprint density at radius 2 is 2.22 bits per heavy atom. The third-order valence-electron chi connectivity index (χ3n) is 2.21. The Hall–Kier alpha value is 0.490. The first-order chi connectivity index (χ1) is 8.65. The number of hydrogen-bond acceptors (Lipinski definition) is 5. The number of halogens is 2. The molecule has 1 saturated heterocycles. The molecule has 0 spiro atoms. The predicted octanol–water partition coefficient (Wildman–Crippen LogP) is 3.19. The molecule has 1 atom stereocenters. The molecule has 0 radical (unpaired) electrons. The van der Waals surface area contributed by atoms with Gasteiger partial charge in [0.2, 0.25) is 7.58 Å². The summed E-state index contributed by atoms with van der Waals surface area (Å²) in [7, 11) is -0.995. The van der Waals surface area contributed by atoms with Crippen LogP contribution in [0.15, 0.2) is 12.7 Å². The van der Waals surface area contributed by atoms with E-state index in [2.05, 4.69) is 6.58 Å². The van der Waals surface area contributed by atoms with Crippen LogP contribution in [0, 0.1) is 5.41 Å². The lowest BCUT2D eigenvalue weighted by Gasteiger charge is -2.35. The predicted molar refractivity (Wildman–Crippen MR) is 76.3 cm³/mol. The van der Waals surface area contributed by atoms with Gasteiger partial charge in [-0.1, -0.05) is 18.0 Å². The van der Waals surface area contributed by atoms with Gasteiger partial charge < -0.3 is 13.8 Å². The van der Waals surface area contributed by atoms with Crippen molar-refractivity contribution in [3.63, 3.8) is 0 Å². The molecule has 8 heteroatoms. The zero-order chi connectivity index (χ0) is 13.4. The van der Waals surface area contributed by atoms with Crippen molar-refractivity contribution < 1.29 is 18.6 Å². The molecule has 0 aliphatic carbocycles. The van der Waals surface area contributed by atoms with Gasteiger partial charge in [0.05, 0.1) is 13.2 Å². The van der Waals surface area contributed by atoms with Crippen molar-refractivity contribution in [2.75, 3.05) is 37.3 Å². The number of carbonyl (C=O) groups excluding carboxylic acids is 1. The van der Waals surface area contributed by atoms with Gasteiger partial charge in [0.15, 0.2) is 0 Å². The third-order valence-corrected chi connectivity index (χ3v) is 6.68. The summed E-state index contributed by atoms with van der Waals surface area (Å²) in [6.45, 7) is 4.31. The summed E-state index contributed by atoms with van der Waals surface area (Å²) < 4.78 is 15.8. The second-order valence-corrected chi connectivity index (χ2v) is 7.46. The van der Waals surface area contributed by atoms with E-state index in [-0.39, 0.29) is 12.0 Å². The van der Waals surface area contributed by atoms with Gasteiger partial charge in [-0.2, -0.15) is 0 Å². The number of rotatable bonds is 7. The summed E-state index contributed by atoms with van der Waals surface area (Å²) in [6, 6.07) is 0. The zero-order valence-corrected chi connectivity index (χ0v) is 13.0. The van der Waals surface area contributed by atoms with Crippen LogP contribution >= 0.6 is 42.2 Å². The molecule has 0 aromatic rings. The fourth-order valence-electron chi connectivity index (χ4n) is 1.04. The minimum absolute atomic E-state index is 0.161. The first-order valence-corrected chi connectivity index (χ1v) is 9.09. The van der Waals surface area contributed by atoms with Gasteiger partial charge in [0, 0.05) is 29.0 Å². The molecule has 104 valence electrons. The second-order valence-electron chi connectivity index (χ2n) is 3.74. The Morgan fingerprint density at radius 1 is 1.50 bits per heavy atom. The second kappa shape index (κ2) is 8.62. The van der Waals surface area contributed by atoms with Gasteiger partial charge in [0.25, 0.3) is 0 Å². The number of esters is 1. The fourth-order valence-corrected chi connectivity index (χ4v) is 5.35. The van der Waals surface area contributed by atoms with Crippen LogP contribution in [0.5, 0.6) is 0 Å². The van der Waals surface area contributed by atoms with E-state index in [1.54, 1.807) is 11.4 Å². The fraction of sp³-hybridized carbons (Fsp3) is 0.700. The van der Waals surface area contributed by atoms with Gasteiger partial charge in [-0.3, -0.25) is 0 Å². The normalized spacial score (nSPS) is 22.4. The molecule has 0 saturated carbocycles. The molecular formula is C10H15Cl2O4PS. The van der Waals surface area contributed by atoms with Crippen molar-refractivity contribution in [3.05, 3.63) is 12.7 Å². The molecule has 1 fully saturated rings. The molecule has 4 nitrogen and oxygen atoms in total. The van der Waals surface area contributed by atoms with E-state index in [0.717, 1.165) is 11.8 Å². The molecular weight excluding hydrogens is 318 g/mol. The van der Waals surface area contributed by atoms with Crippen molar-refractivity contribution in [2.24, 2.45) is 5.41 Å². The first kappa shape index (κ1) is 16.5. The summed E-state index contributed by atoms with van der Waals surface area (Å²) in [6.07, 6.45) is 1.12. The van der Waals surface area contributed by atoms with Gasteiger partial charge in [-0.05, 0) is 0 Å². The molecule has 18 heavy (non-hydrogen) atoms. The number of hydrogen-bond donors (Lipinski definition) is 0. The van der Waals surface area contributed by atoms with Crippen molar-refractivity contribution in [3.8, 4) is 0 Å². The van der Waals surface area contributed by atoms with Crippen LogP contribution in [0.3, 0.4) is 0 Å². The molecule has 0 amide bonds. The standard InChI is InChI=1S/C10H15Cl2O4PS/c1-2-9(13)14-3-4-15-17-16-7-10(5-11,6-12)8-18-17/h2H,1,3-8H2. The number of carbonyl (C=O) groups is 1. The molecule has 0 N–H and O–H groups in total. The highest BCUT2D eigenvalue weighted by molar-refractivity contribution is 8.52. The van der Waals surface area contributed by atoms with E-state index in [1.807, 2.05) is 0 Å². The van der Waals surface area contributed by atoms with Gasteiger partial charge in [-0.25, -0.2) is 4.79 Å². The average Bonchev–Trinajstić information content (AvgIpc) is 2.44. The smallest absolute Gasteiger partial charge is 0.330 e. The summed E-state index contributed by atoms with van der Waals surface area (Å²) in [5.41, 5.74) is -0.161. The maximum atomic E-state index is 10.8. The van der Waals surface area contributed by atoms with E-state index in [9.17, 15) is 4.79 Å². The molecule has 1 heterocycles. The largest absolute Gasteiger partial charge is 0.460 e. The highest BCUT2D eigenvalue weighted by Crippen LogP contribution is 2.58. The highest BCUT2D eigenvalue weighted by Gasteiger charge is 2.36. The molecule has 1 rings (SSSR count). The van der Waals surface area contributed by atoms with Gasteiger partial charge in [0.1, 0.15) is 6.61 Å². The summed E-state index contributed by atoms with van der Waals surface area (Å²) in [5, 5.41) is 0. The average molecular weight is 333 g/mol. The lowest BCUT2D eigenvalue weighted by Crippen LogP contribution is -2.35. The zero-order valence-electron chi connectivity index (χ0n) is 9.77. The monoisotopic (exact) mass is 332 g/mol. The quantitative estimate of drug-likeness (QED) is 0.235. The van der Waals surface area contributed by atoms with E-state index < -0.39 is 13.5 Å². The molecule has 0 aromatic carbocycles. The van der Waals surface area contributed by atoms with E-state index in [4.69, 9.17) is 37.0 Å². The lowest BCUT2D eigenvalue weighted by molar-refractivity contribution is -0.138. The van der Waals surface area contributed by atoms with E-state index in [1.165, 1.54) is 0 Å². The van der Waals surface area contributed by atoms with Crippen LogP contribution in [0.4, 0.5) is 0 Å². The summed E-state index contributed by atoms with van der Waals surface area (Å²) in [5.74, 6) is 1.32. The minimum atomic E-state index is -0.995. The van der Waals surface area contributed by atoms with Crippen LogP contribution in [0.25, 0.3) is 0 Å². The van der Waals surface area contributed by atoms with Crippen LogP contribution in [0.1, 0.15) is 0 Å². The molecule has 0 bridgehead atoms. The van der Waals surface area contributed by atoms with Crippen LogP contribution in [-0.2, 0) is 18.6 Å². The van der Waals surface area contributed by atoms with E-state index >= 15 is 0 Å². The molecule has 1 aliphatic heterocycles. The topological polar surface area (TPSA) is 44.8 Å². The van der Waals surface area contributed by atoms with Gasteiger partial charge in [-0.15, -0.1) is 23.2 Å². The lowest BCUT2D eigenvalue weighted by atomic mass is 9.97. The van der Waals surface area contributed by atoms with Crippen molar-refractivity contribution in [2.45, 2.75) is 0 Å². The minimum Gasteiger partial charge on any atom is -0.460 e. The Labute approximate surface area is 122 Å². The highest BCUT2D eigenvalue weighted by atomic mass is 35.5. The van der Waals surface area contributed by atoms with Crippen LogP contribution in [0.2, 0.25) is 0 Å². The summed E-state index contributed by atoms with van der Waals surface area (Å²) >= 11 is 13.3. The maximum Gasteiger partial charge on any atom is 0.330 e. The van der Waals surface area contributed by atoms with Crippen LogP contribution in [-0.4, -0.2) is 43.3 Å². The summed E-state index contributed by atoms with van der Waals surface area (Å²) in [4.78, 5) is 10.8. The maximum absolute atomic E-state index is 10.8. The Bertz CT molecular complexity index is 279. The first-order valence-electron chi connectivity index (χ1n) is 5.26. The molecule has 1 aliphatic rings. The molecule has 0 aromatic heterocycles. The Morgan fingerprint density at radius 3 is 2.72 bits per heavy atom. The number of alkyl halides is 2. The third kappa shape index (κ3) is 5.24. The van der Waals surface area contributed by atoms with Crippen molar-refractivity contribution >= 4 is 48.1 Å². The van der Waals surface area contributed by atoms with E-state index in [0.29, 0.717) is 25.0 Å². The number of ether oxygens (including phenoxy) is 1. The SMILES string of the molecule is C=CC(=O)OCCOP1OCC(CCl)(CCl)CS1. The van der Waals surface area contributed by atoms with Gasteiger partial charge >= 0.3 is 5.97 Å². The van der Waals surface area contributed by atoms with Crippen LogP contribution < -0.4 is 0 Å². The Kier molecular flexibility index (Phi) is 7.92. The van der Waals surface area contributed by atoms with Crippen molar-refractivity contribution in [1.29, 1.82) is 0 Å².